The van der Waals surface area contributed by atoms with E-state index in [1.807, 2.05) is 4.90 Å². The van der Waals surface area contributed by atoms with Crippen LogP contribution in [0.15, 0.2) is 0 Å². The third-order valence-electron chi connectivity index (χ3n) is 4.15. The third-order valence-corrected chi connectivity index (χ3v) is 4.15. The minimum Gasteiger partial charge on any atom is -0.314 e. The van der Waals surface area contributed by atoms with Crippen molar-refractivity contribution < 1.29 is 22.0 Å². The molecule has 3 rings (SSSR count). The number of hydrogen-bond donors (Lipinski definition) is 1. The second kappa shape index (κ2) is 7.96. The van der Waals surface area contributed by atoms with Gasteiger partial charge >= 0.3 is 0 Å². The van der Waals surface area contributed by atoms with E-state index in [1.165, 1.54) is 0 Å². The Kier molecular flexibility index (Phi) is 7.07. The van der Waals surface area contributed by atoms with E-state index in [2.05, 4.69) is 5.32 Å². The molecule has 1 saturated carbocycles. The number of halogens is 7. The van der Waals surface area contributed by atoms with Crippen LogP contribution >= 0.6 is 24.8 Å². The van der Waals surface area contributed by atoms with E-state index in [-0.39, 0.29) is 30.7 Å². The van der Waals surface area contributed by atoms with Crippen molar-refractivity contribution in [1.82, 2.24) is 10.2 Å². The van der Waals surface area contributed by atoms with Crippen LogP contribution in [0.1, 0.15) is 24.4 Å². The monoisotopic (exact) mass is 378 g/mol. The van der Waals surface area contributed by atoms with E-state index in [0.29, 0.717) is 26.2 Å². The Morgan fingerprint density at radius 2 is 1.22 bits per heavy atom. The van der Waals surface area contributed by atoms with Crippen LogP contribution in [0.5, 0.6) is 0 Å². The van der Waals surface area contributed by atoms with Gasteiger partial charge in [0.15, 0.2) is 23.3 Å². The molecule has 1 heterocycles. The van der Waals surface area contributed by atoms with Crippen molar-refractivity contribution in [1.29, 1.82) is 0 Å². The van der Waals surface area contributed by atoms with Gasteiger partial charge in [-0.15, -0.1) is 24.8 Å². The lowest BCUT2D eigenvalue weighted by Gasteiger charge is -2.35. The first-order valence-electron chi connectivity index (χ1n) is 6.98. The average Bonchev–Trinajstić information content (AvgIpc) is 3.33. The molecule has 0 aromatic heterocycles. The Balaban J connectivity index is 0.00000132. The normalized spacial score (nSPS) is 19.7. The van der Waals surface area contributed by atoms with Crippen molar-refractivity contribution in [2.45, 2.75) is 18.9 Å². The highest BCUT2D eigenvalue weighted by Gasteiger charge is 2.42. The first-order chi connectivity index (χ1) is 10.0. The summed E-state index contributed by atoms with van der Waals surface area (Å²) in [6, 6.07) is -0.739. The number of nitrogens with one attached hydrogen (secondary N) is 1. The molecule has 1 saturated heterocycles. The topological polar surface area (TPSA) is 15.3 Å². The molecule has 9 heteroatoms. The summed E-state index contributed by atoms with van der Waals surface area (Å²) in [5, 5.41) is 3.10. The van der Waals surface area contributed by atoms with Crippen LogP contribution in [0.25, 0.3) is 0 Å². The van der Waals surface area contributed by atoms with Gasteiger partial charge in [0.05, 0.1) is 0 Å². The first kappa shape index (κ1) is 20.4. The molecule has 0 spiro atoms. The van der Waals surface area contributed by atoms with Crippen LogP contribution in [0, 0.1) is 35.0 Å². The van der Waals surface area contributed by atoms with Gasteiger partial charge in [-0.2, -0.15) is 0 Å². The zero-order chi connectivity index (χ0) is 15.1. The molecule has 0 bridgehead atoms. The lowest BCUT2D eigenvalue weighted by molar-refractivity contribution is 0.146. The molecule has 0 unspecified atom stereocenters. The Hall–Kier alpha value is -0.630. The van der Waals surface area contributed by atoms with Crippen molar-refractivity contribution in [3.63, 3.8) is 0 Å². The average molecular weight is 379 g/mol. The summed E-state index contributed by atoms with van der Waals surface area (Å²) in [5.74, 6) is -9.24. The standard InChI is InChI=1S/C14H15F5N2.2ClH/c15-9-8(10(16)12(18)13(19)11(9)17)14(7-1-2-7)21-5-3-20-4-6-21;;/h7,14,20H,1-6H2;2*1H/t14-;;/m0../s1. The summed E-state index contributed by atoms with van der Waals surface area (Å²) >= 11 is 0. The maximum Gasteiger partial charge on any atom is 0.200 e. The molecule has 1 aliphatic carbocycles. The van der Waals surface area contributed by atoms with Crippen molar-refractivity contribution >= 4 is 24.8 Å². The summed E-state index contributed by atoms with van der Waals surface area (Å²) in [7, 11) is 0. The van der Waals surface area contributed by atoms with Gasteiger partial charge in [0.2, 0.25) is 5.82 Å². The molecular formula is C14H17Cl2F5N2. The molecule has 1 aliphatic heterocycles. The van der Waals surface area contributed by atoms with Crippen LogP contribution in [0.2, 0.25) is 0 Å². The predicted molar refractivity (Wildman–Crippen MR) is 80.6 cm³/mol. The Bertz CT molecular complexity index is 534. The summed E-state index contributed by atoms with van der Waals surface area (Å²) in [4.78, 5) is 1.81. The molecule has 1 atom stereocenters. The molecule has 132 valence electrons. The van der Waals surface area contributed by atoms with Gasteiger partial charge in [0.1, 0.15) is 0 Å². The van der Waals surface area contributed by atoms with Gasteiger partial charge in [0.25, 0.3) is 0 Å². The second-order valence-corrected chi connectivity index (χ2v) is 5.55. The van der Waals surface area contributed by atoms with E-state index in [0.717, 1.165) is 12.8 Å². The lowest BCUT2D eigenvalue weighted by Crippen LogP contribution is -2.46. The van der Waals surface area contributed by atoms with Gasteiger partial charge in [-0.3, -0.25) is 4.90 Å². The van der Waals surface area contributed by atoms with E-state index in [4.69, 9.17) is 0 Å². The molecule has 0 radical (unpaired) electrons. The van der Waals surface area contributed by atoms with Gasteiger partial charge in [-0.25, -0.2) is 22.0 Å². The highest BCUT2D eigenvalue weighted by atomic mass is 35.5. The number of nitrogens with zero attached hydrogens (tertiary/aromatic N) is 1. The number of piperazine rings is 1. The Labute approximate surface area is 143 Å². The van der Waals surface area contributed by atoms with E-state index < -0.39 is 40.7 Å². The number of benzene rings is 1. The van der Waals surface area contributed by atoms with Gasteiger partial charge < -0.3 is 5.32 Å². The Morgan fingerprint density at radius 3 is 1.65 bits per heavy atom. The van der Waals surface area contributed by atoms with Crippen molar-refractivity contribution in [2.24, 2.45) is 5.92 Å². The minimum absolute atomic E-state index is 0. The fraction of sp³-hybridized carbons (Fsp3) is 0.571. The van der Waals surface area contributed by atoms with E-state index >= 15 is 0 Å². The lowest BCUT2D eigenvalue weighted by atomic mass is 9.97. The van der Waals surface area contributed by atoms with Gasteiger partial charge in [-0.05, 0) is 18.8 Å². The van der Waals surface area contributed by atoms with Crippen LogP contribution < -0.4 is 5.32 Å². The highest BCUT2D eigenvalue weighted by Crippen LogP contribution is 2.46. The van der Waals surface area contributed by atoms with E-state index in [1.54, 1.807) is 0 Å². The smallest absolute Gasteiger partial charge is 0.200 e. The van der Waals surface area contributed by atoms with Crippen LogP contribution in [0.4, 0.5) is 22.0 Å². The summed E-state index contributed by atoms with van der Waals surface area (Å²) in [6.45, 7) is 2.33. The van der Waals surface area contributed by atoms with Crippen molar-refractivity contribution in [3.8, 4) is 0 Å². The minimum atomic E-state index is -2.09. The SMILES string of the molecule is Cl.Cl.Fc1c(F)c(F)c([C@H](C2CC2)N2CCNCC2)c(F)c1F. The molecule has 2 fully saturated rings. The van der Waals surface area contributed by atoms with E-state index in [9.17, 15) is 22.0 Å². The number of hydrogen-bond acceptors (Lipinski definition) is 2. The largest absolute Gasteiger partial charge is 0.314 e. The molecule has 2 aliphatic rings. The fourth-order valence-electron chi connectivity index (χ4n) is 2.97. The third kappa shape index (κ3) is 3.73. The molecule has 23 heavy (non-hydrogen) atoms. The molecule has 1 aromatic rings. The van der Waals surface area contributed by atoms with Crippen molar-refractivity contribution in [2.75, 3.05) is 26.2 Å². The van der Waals surface area contributed by atoms with Crippen molar-refractivity contribution in [3.05, 3.63) is 34.6 Å². The van der Waals surface area contributed by atoms with Crippen LogP contribution in [0.3, 0.4) is 0 Å². The summed E-state index contributed by atoms with van der Waals surface area (Å²) < 4.78 is 68.1. The highest BCUT2D eigenvalue weighted by molar-refractivity contribution is 5.85. The Morgan fingerprint density at radius 1 is 0.783 bits per heavy atom. The number of rotatable bonds is 3. The summed E-state index contributed by atoms with van der Waals surface area (Å²) in [6.07, 6.45) is 1.49. The molecule has 1 N–H and O–H groups in total. The molecule has 1 aromatic carbocycles. The van der Waals surface area contributed by atoms with Gasteiger partial charge in [-0.1, -0.05) is 0 Å². The zero-order valence-corrected chi connectivity index (χ0v) is 13.7. The molecule has 0 amide bonds. The maximum atomic E-state index is 14.0. The quantitative estimate of drug-likeness (QED) is 0.491. The molecular weight excluding hydrogens is 362 g/mol. The maximum absolute atomic E-state index is 14.0. The van der Waals surface area contributed by atoms with Gasteiger partial charge in [0, 0.05) is 37.8 Å². The second-order valence-electron chi connectivity index (χ2n) is 5.55. The zero-order valence-electron chi connectivity index (χ0n) is 12.1. The van der Waals surface area contributed by atoms with Crippen LogP contribution in [-0.4, -0.2) is 31.1 Å². The fourth-order valence-corrected chi connectivity index (χ4v) is 2.97. The molecule has 2 nitrogen and oxygen atoms in total. The first-order valence-corrected chi connectivity index (χ1v) is 6.98. The predicted octanol–water partition coefficient (Wildman–Crippen LogP) is 3.58. The summed E-state index contributed by atoms with van der Waals surface area (Å²) in [5.41, 5.74) is -0.671. The van der Waals surface area contributed by atoms with Crippen LogP contribution in [-0.2, 0) is 0 Å².